The van der Waals surface area contributed by atoms with Crippen LogP contribution in [0.15, 0.2) is 0 Å². The van der Waals surface area contributed by atoms with Crippen LogP contribution in [0.25, 0.3) is 0 Å². The van der Waals surface area contributed by atoms with Crippen LogP contribution in [-0.4, -0.2) is 18.8 Å². The minimum Gasteiger partial charge on any atom is -0.460 e. The summed E-state index contributed by atoms with van der Waals surface area (Å²) in [6.07, 6.45) is 5.91. The molecule has 12 heavy (non-hydrogen) atoms. The average molecular weight is 201 g/mol. The highest BCUT2D eigenvalue weighted by Gasteiger charge is 2.17. The predicted octanol–water partition coefficient (Wildman–Crippen LogP) is 2.48. The van der Waals surface area contributed by atoms with Crippen LogP contribution in [-0.2, 0) is 4.12 Å². The third kappa shape index (κ3) is 3.41. The molecular weight excluding hydrogens is 180 g/mol. The smallest absolute Gasteiger partial charge is 0.197 e. The monoisotopic (exact) mass is 201 g/mol. The van der Waals surface area contributed by atoms with Crippen LogP contribution in [0, 0.1) is 0 Å². The molecule has 1 aliphatic carbocycles. The van der Waals surface area contributed by atoms with Gasteiger partial charge >= 0.3 is 0 Å². The Kier molecular flexibility index (Phi) is 5.19. The van der Waals surface area contributed by atoms with Gasteiger partial charge in [-0.25, -0.2) is 0 Å². The van der Waals surface area contributed by atoms with E-state index in [4.69, 9.17) is 4.12 Å². The summed E-state index contributed by atoms with van der Waals surface area (Å²) >= 11 is 0. The van der Waals surface area contributed by atoms with Crippen LogP contribution in [0.2, 0.25) is 17.6 Å². The number of rotatable bonds is 5. The summed E-state index contributed by atoms with van der Waals surface area (Å²) in [5.41, 5.74) is 1.04. The summed E-state index contributed by atoms with van der Waals surface area (Å²) in [4.78, 5) is 0. The molecule has 0 N–H and O–H groups in total. The van der Waals surface area contributed by atoms with Gasteiger partial charge in [0, 0.05) is 0 Å². The minimum absolute atomic E-state index is 0.136. The van der Waals surface area contributed by atoms with Gasteiger partial charge in [-0.2, -0.15) is 0 Å². The van der Waals surface area contributed by atoms with Gasteiger partial charge in [-0.3, -0.25) is 0 Å². The second-order valence-electron chi connectivity index (χ2n) is 3.71. The van der Waals surface area contributed by atoms with Crippen molar-refractivity contribution >= 4 is 18.8 Å². The fraction of sp³-hybridized carbons (Fsp3) is 1.00. The van der Waals surface area contributed by atoms with E-state index in [2.05, 4.69) is 13.8 Å². The van der Waals surface area contributed by atoms with Gasteiger partial charge in [-0.15, -0.1) is 0 Å². The van der Waals surface area contributed by atoms with E-state index in [-0.39, 0.29) is 18.8 Å². The summed E-state index contributed by atoms with van der Waals surface area (Å²) in [7, 11) is -0.485. The topological polar surface area (TPSA) is 9.23 Å². The highest BCUT2D eigenvalue weighted by molar-refractivity contribution is 6.58. The maximum absolute atomic E-state index is 6.07. The zero-order valence-corrected chi connectivity index (χ0v) is 10.8. The van der Waals surface area contributed by atoms with Crippen molar-refractivity contribution in [3.63, 3.8) is 0 Å². The van der Waals surface area contributed by atoms with Crippen molar-refractivity contribution < 1.29 is 4.12 Å². The van der Waals surface area contributed by atoms with Crippen LogP contribution >= 0.6 is 0 Å². The zero-order chi connectivity index (χ0) is 8.81. The van der Waals surface area contributed by atoms with Crippen molar-refractivity contribution in [3.05, 3.63) is 0 Å². The normalized spacial score (nSPS) is 20.2. The lowest BCUT2D eigenvalue weighted by Crippen LogP contribution is -2.20. The Labute approximate surface area is 80.6 Å². The SMILES string of the molecule is CC[Si](CC)O[SiH2]C1CCCC1. The first-order chi connectivity index (χ1) is 5.86. The van der Waals surface area contributed by atoms with E-state index in [0.717, 1.165) is 5.54 Å². The van der Waals surface area contributed by atoms with Gasteiger partial charge in [0.2, 0.25) is 0 Å². The summed E-state index contributed by atoms with van der Waals surface area (Å²) in [6, 6.07) is 2.61. The molecule has 1 nitrogen and oxygen atoms in total. The van der Waals surface area contributed by atoms with Crippen molar-refractivity contribution in [1.82, 2.24) is 0 Å². The van der Waals surface area contributed by atoms with E-state index >= 15 is 0 Å². The number of hydrogen-bond acceptors (Lipinski definition) is 1. The quantitative estimate of drug-likeness (QED) is 0.621. The van der Waals surface area contributed by atoms with Crippen LogP contribution < -0.4 is 0 Å². The Morgan fingerprint density at radius 3 is 2.33 bits per heavy atom. The highest BCUT2D eigenvalue weighted by Crippen LogP contribution is 2.29. The van der Waals surface area contributed by atoms with Gasteiger partial charge < -0.3 is 4.12 Å². The Balaban J connectivity index is 2.06. The zero-order valence-electron chi connectivity index (χ0n) is 8.44. The Bertz CT molecular complexity index is 107. The van der Waals surface area contributed by atoms with Gasteiger partial charge in [-0.1, -0.05) is 39.5 Å². The van der Waals surface area contributed by atoms with E-state index in [1.54, 1.807) is 0 Å². The predicted molar refractivity (Wildman–Crippen MR) is 58.6 cm³/mol. The van der Waals surface area contributed by atoms with Crippen LogP contribution in [0.3, 0.4) is 0 Å². The van der Waals surface area contributed by atoms with Crippen LogP contribution in [0.5, 0.6) is 0 Å². The third-order valence-electron chi connectivity index (χ3n) is 2.79. The lowest BCUT2D eigenvalue weighted by molar-refractivity contribution is 0.580. The van der Waals surface area contributed by atoms with Crippen LogP contribution in [0.4, 0.5) is 0 Å². The van der Waals surface area contributed by atoms with E-state index in [0.29, 0.717) is 0 Å². The molecule has 71 valence electrons. The molecule has 1 radical (unpaired) electrons. The molecule has 1 saturated carbocycles. The lowest BCUT2D eigenvalue weighted by atomic mass is 10.4. The summed E-state index contributed by atoms with van der Waals surface area (Å²) in [5.74, 6) is 0. The molecule has 0 heterocycles. The molecule has 0 aromatic heterocycles. The molecule has 0 aliphatic heterocycles. The van der Waals surface area contributed by atoms with E-state index < -0.39 is 0 Å². The van der Waals surface area contributed by atoms with Crippen molar-refractivity contribution in [2.45, 2.75) is 57.2 Å². The van der Waals surface area contributed by atoms with Gasteiger partial charge in [0.1, 0.15) is 9.76 Å². The van der Waals surface area contributed by atoms with Gasteiger partial charge in [0.15, 0.2) is 9.04 Å². The maximum atomic E-state index is 6.07. The van der Waals surface area contributed by atoms with Crippen molar-refractivity contribution in [2.24, 2.45) is 0 Å². The fourth-order valence-corrected chi connectivity index (χ4v) is 6.80. The molecule has 0 atom stereocenters. The van der Waals surface area contributed by atoms with Crippen molar-refractivity contribution in [3.8, 4) is 0 Å². The maximum Gasteiger partial charge on any atom is 0.197 e. The standard InChI is InChI=1S/C9H21OSi2/c1-3-12(4-2)10-11-9-7-5-6-8-9/h9H,3-8,11H2,1-2H3. The van der Waals surface area contributed by atoms with E-state index in [9.17, 15) is 0 Å². The highest BCUT2D eigenvalue weighted by atomic mass is 28.3. The molecule has 1 fully saturated rings. The molecule has 0 spiro atoms. The van der Waals surface area contributed by atoms with Gasteiger partial charge in [0.05, 0.1) is 0 Å². The Morgan fingerprint density at radius 1 is 1.25 bits per heavy atom. The second-order valence-corrected chi connectivity index (χ2v) is 8.84. The molecular formula is C9H21OSi2. The van der Waals surface area contributed by atoms with E-state index in [1.165, 1.54) is 37.8 Å². The van der Waals surface area contributed by atoms with Crippen molar-refractivity contribution in [1.29, 1.82) is 0 Å². The Hall–Kier alpha value is 0.394. The molecule has 0 unspecified atom stereocenters. The Morgan fingerprint density at radius 2 is 1.83 bits per heavy atom. The largest absolute Gasteiger partial charge is 0.460 e. The molecule has 0 aromatic carbocycles. The molecule has 0 saturated heterocycles. The molecule has 1 aliphatic rings. The molecule has 0 aromatic rings. The molecule has 1 rings (SSSR count). The summed E-state index contributed by atoms with van der Waals surface area (Å²) < 4.78 is 6.07. The summed E-state index contributed by atoms with van der Waals surface area (Å²) in [5, 5.41) is 0. The van der Waals surface area contributed by atoms with Gasteiger partial charge in [0.25, 0.3) is 0 Å². The molecule has 0 bridgehead atoms. The summed E-state index contributed by atoms with van der Waals surface area (Å²) in [6.45, 7) is 4.56. The fourth-order valence-electron chi connectivity index (χ4n) is 1.87. The first-order valence-corrected chi connectivity index (χ1v) is 8.56. The minimum atomic E-state index is -0.349. The lowest BCUT2D eigenvalue weighted by Gasteiger charge is -2.14. The van der Waals surface area contributed by atoms with E-state index in [1.807, 2.05) is 0 Å². The average Bonchev–Trinajstić information content (AvgIpc) is 2.59. The molecule has 3 heteroatoms. The van der Waals surface area contributed by atoms with Crippen molar-refractivity contribution in [2.75, 3.05) is 0 Å². The number of hydrogen-bond donors (Lipinski definition) is 0. The first-order valence-electron chi connectivity index (χ1n) is 5.34. The van der Waals surface area contributed by atoms with Crippen LogP contribution in [0.1, 0.15) is 39.5 Å². The third-order valence-corrected chi connectivity index (χ3v) is 7.95. The second kappa shape index (κ2) is 5.94. The van der Waals surface area contributed by atoms with Gasteiger partial charge in [-0.05, 0) is 17.6 Å². The molecule has 0 amide bonds. The first kappa shape index (κ1) is 10.5.